The van der Waals surface area contributed by atoms with E-state index < -0.39 is 5.60 Å². The van der Waals surface area contributed by atoms with E-state index in [0.29, 0.717) is 6.54 Å². The highest BCUT2D eigenvalue weighted by atomic mass is 127. The lowest BCUT2D eigenvalue weighted by Crippen LogP contribution is -2.40. The third kappa shape index (κ3) is 7.49. The van der Waals surface area contributed by atoms with Crippen LogP contribution in [-0.4, -0.2) is 47.8 Å². The Morgan fingerprint density at radius 1 is 1.35 bits per heavy atom. The molecule has 1 fully saturated rings. The molecule has 1 saturated heterocycles. The molecule has 1 aliphatic heterocycles. The van der Waals surface area contributed by atoms with Gasteiger partial charge in [-0.25, -0.2) is 0 Å². The molecular formula is C16H25ClIN3OS. The molecule has 1 aromatic rings. The molecule has 1 heterocycles. The predicted molar refractivity (Wildman–Crippen MR) is 111 cm³/mol. The maximum Gasteiger partial charge on any atom is 0.191 e. The van der Waals surface area contributed by atoms with Crippen molar-refractivity contribution in [1.29, 1.82) is 0 Å². The summed E-state index contributed by atoms with van der Waals surface area (Å²) in [6, 6.07) is 7.88. The first-order valence-electron chi connectivity index (χ1n) is 7.68. The second-order valence-corrected chi connectivity index (χ2v) is 7.07. The van der Waals surface area contributed by atoms with Gasteiger partial charge in [-0.3, -0.25) is 4.99 Å². The lowest BCUT2D eigenvalue weighted by molar-refractivity contribution is 0.0778. The highest BCUT2D eigenvalue weighted by Crippen LogP contribution is 2.27. The van der Waals surface area contributed by atoms with E-state index in [4.69, 9.17) is 11.6 Å². The molecule has 1 unspecified atom stereocenters. The van der Waals surface area contributed by atoms with Crippen LogP contribution in [0.4, 0.5) is 0 Å². The van der Waals surface area contributed by atoms with Crippen LogP contribution < -0.4 is 10.6 Å². The molecule has 4 nitrogen and oxygen atoms in total. The monoisotopic (exact) mass is 469 g/mol. The van der Waals surface area contributed by atoms with Crippen molar-refractivity contribution >= 4 is 53.3 Å². The van der Waals surface area contributed by atoms with Crippen molar-refractivity contribution in [2.45, 2.75) is 25.4 Å². The topological polar surface area (TPSA) is 56.7 Å². The summed E-state index contributed by atoms with van der Waals surface area (Å²) in [4.78, 5) is 4.52. The first-order valence-corrected chi connectivity index (χ1v) is 9.21. The van der Waals surface area contributed by atoms with Gasteiger partial charge in [0, 0.05) is 23.9 Å². The summed E-state index contributed by atoms with van der Waals surface area (Å²) in [7, 11) is 0. The third-order valence-electron chi connectivity index (χ3n) is 3.58. The smallest absolute Gasteiger partial charge is 0.191 e. The van der Waals surface area contributed by atoms with Crippen molar-refractivity contribution in [3.63, 3.8) is 0 Å². The van der Waals surface area contributed by atoms with Gasteiger partial charge in [0.25, 0.3) is 0 Å². The molecule has 0 spiro atoms. The van der Waals surface area contributed by atoms with E-state index in [9.17, 15) is 5.11 Å². The number of nitrogens with one attached hydrogen (secondary N) is 2. The van der Waals surface area contributed by atoms with Gasteiger partial charge in [0.1, 0.15) is 0 Å². The van der Waals surface area contributed by atoms with Crippen LogP contribution in [0.1, 0.15) is 18.9 Å². The Bertz CT molecular complexity index is 493. The fourth-order valence-electron chi connectivity index (χ4n) is 2.27. The second kappa shape index (κ2) is 10.6. The zero-order valence-electron chi connectivity index (χ0n) is 13.3. The van der Waals surface area contributed by atoms with E-state index in [1.165, 1.54) is 5.56 Å². The minimum Gasteiger partial charge on any atom is -0.387 e. The summed E-state index contributed by atoms with van der Waals surface area (Å²) in [5.41, 5.74) is 0.599. The maximum absolute atomic E-state index is 10.3. The van der Waals surface area contributed by atoms with Crippen molar-refractivity contribution in [2.24, 2.45) is 4.99 Å². The van der Waals surface area contributed by atoms with Crippen LogP contribution >= 0.6 is 47.3 Å². The Labute approximate surface area is 164 Å². The third-order valence-corrected chi connectivity index (χ3v) is 5.06. The lowest BCUT2D eigenvalue weighted by Gasteiger charge is -2.19. The van der Waals surface area contributed by atoms with Crippen molar-refractivity contribution < 1.29 is 5.11 Å². The van der Waals surface area contributed by atoms with E-state index in [1.807, 2.05) is 31.2 Å². The Morgan fingerprint density at radius 3 is 2.70 bits per heavy atom. The number of halogens is 2. The van der Waals surface area contributed by atoms with Gasteiger partial charge < -0.3 is 15.7 Å². The zero-order chi connectivity index (χ0) is 15.8. The van der Waals surface area contributed by atoms with Crippen LogP contribution in [0, 0.1) is 0 Å². The molecule has 0 radical (unpaired) electrons. The molecular weight excluding hydrogens is 445 g/mol. The zero-order valence-corrected chi connectivity index (χ0v) is 17.3. The highest BCUT2D eigenvalue weighted by Gasteiger charge is 2.31. The van der Waals surface area contributed by atoms with Gasteiger partial charge in [-0.05, 0) is 43.2 Å². The molecule has 130 valence electrons. The normalized spacial score (nSPS) is 20.9. The standard InChI is InChI=1S/C16H24ClN3OS.HI/c1-2-18-15(20-11-16(21)8-10-22-12-16)19-9-7-13-3-5-14(17)6-4-13;/h3-6,21H,2,7-12H2,1H3,(H2,18,19,20);1H. The molecule has 0 bridgehead atoms. The van der Waals surface area contributed by atoms with Gasteiger partial charge in [-0.15, -0.1) is 24.0 Å². The van der Waals surface area contributed by atoms with E-state index in [0.717, 1.165) is 48.4 Å². The molecule has 0 aliphatic carbocycles. The minimum atomic E-state index is -0.636. The van der Waals surface area contributed by atoms with E-state index >= 15 is 0 Å². The molecule has 1 aliphatic rings. The van der Waals surface area contributed by atoms with Crippen molar-refractivity contribution in [3.05, 3.63) is 34.9 Å². The number of thioether (sulfide) groups is 1. The maximum atomic E-state index is 10.3. The van der Waals surface area contributed by atoms with Crippen molar-refractivity contribution in [3.8, 4) is 0 Å². The summed E-state index contributed by atoms with van der Waals surface area (Å²) in [5.74, 6) is 2.56. The van der Waals surface area contributed by atoms with Gasteiger partial charge in [0.2, 0.25) is 0 Å². The van der Waals surface area contributed by atoms with Crippen LogP contribution in [0.2, 0.25) is 5.02 Å². The summed E-state index contributed by atoms with van der Waals surface area (Å²) >= 11 is 7.68. The van der Waals surface area contributed by atoms with Gasteiger partial charge in [-0.1, -0.05) is 23.7 Å². The van der Waals surface area contributed by atoms with Crippen LogP contribution in [0.5, 0.6) is 0 Å². The average molecular weight is 470 g/mol. The Kier molecular flexibility index (Phi) is 9.65. The van der Waals surface area contributed by atoms with E-state index in [1.54, 1.807) is 11.8 Å². The number of aliphatic imine (C=N–C) groups is 1. The molecule has 1 aromatic carbocycles. The molecule has 7 heteroatoms. The van der Waals surface area contributed by atoms with Crippen molar-refractivity contribution in [1.82, 2.24) is 10.6 Å². The number of hydrogen-bond acceptors (Lipinski definition) is 3. The number of nitrogens with zero attached hydrogens (tertiary/aromatic N) is 1. The number of aliphatic hydroxyl groups is 1. The van der Waals surface area contributed by atoms with Gasteiger partial charge >= 0.3 is 0 Å². The van der Waals surface area contributed by atoms with Gasteiger partial charge in [0.05, 0.1) is 12.1 Å². The average Bonchev–Trinajstić information content (AvgIpc) is 2.94. The molecule has 0 saturated carbocycles. The summed E-state index contributed by atoms with van der Waals surface area (Å²) < 4.78 is 0. The number of guanidine groups is 1. The molecule has 0 aromatic heterocycles. The predicted octanol–water partition coefficient (Wildman–Crippen LogP) is 2.92. The quantitative estimate of drug-likeness (QED) is 0.341. The second-order valence-electron chi connectivity index (χ2n) is 5.53. The first-order chi connectivity index (χ1) is 10.6. The fraction of sp³-hybridized carbons (Fsp3) is 0.562. The lowest BCUT2D eigenvalue weighted by atomic mass is 10.1. The van der Waals surface area contributed by atoms with Gasteiger partial charge in [-0.2, -0.15) is 11.8 Å². The number of rotatable bonds is 6. The first kappa shape index (κ1) is 20.9. The number of benzene rings is 1. The van der Waals surface area contributed by atoms with Crippen LogP contribution in [0.15, 0.2) is 29.3 Å². The Morgan fingerprint density at radius 2 is 2.09 bits per heavy atom. The van der Waals surface area contributed by atoms with Crippen LogP contribution in [-0.2, 0) is 6.42 Å². The van der Waals surface area contributed by atoms with Crippen molar-refractivity contribution in [2.75, 3.05) is 31.1 Å². The molecule has 23 heavy (non-hydrogen) atoms. The molecule has 3 N–H and O–H groups in total. The molecule has 0 amide bonds. The minimum absolute atomic E-state index is 0. The summed E-state index contributed by atoms with van der Waals surface area (Å²) in [5, 5.41) is 17.6. The molecule has 2 rings (SSSR count). The summed E-state index contributed by atoms with van der Waals surface area (Å²) in [6.07, 6.45) is 1.73. The largest absolute Gasteiger partial charge is 0.387 e. The van der Waals surface area contributed by atoms with E-state index in [-0.39, 0.29) is 24.0 Å². The fourth-order valence-corrected chi connectivity index (χ4v) is 3.68. The SMILES string of the molecule is CCNC(=NCC1(O)CCSC1)NCCc1ccc(Cl)cc1.I. The Balaban J connectivity index is 0.00000264. The van der Waals surface area contributed by atoms with Crippen LogP contribution in [0.3, 0.4) is 0 Å². The number of hydrogen-bond donors (Lipinski definition) is 3. The van der Waals surface area contributed by atoms with Gasteiger partial charge in [0.15, 0.2) is 5.96 Å². The highest BCUT2D eigenvalue weighted by molar-refractivity contribution is 14.0. The van der Waals surface area contributed by atoms with E-state index in [2.05, 4.69) is 15.6 Å². The van der Waals surface area contributed by atoms with Crippen LogP contribution in [0.25, 0.3) is 0 Å². The Hall–Kier alpha value is -0.180. The molecule has 1 atom stereocenters. The summed E-state index contributed by atoms with van der Waals surface area (Å²) in [6.45, 7) is 4.09.